The number of piperazine rings is 1. The zero-order valence-corrected chi connectivity index (χ0v) is 15.0. The van der Waals surface area contributed by atoms with Crippen molar-refractivity contribution in [3.05, 3.63) is 42.5 Å². The first-order valence-corrected chi connectivity index (χ1v) is 7.72. The monoisotopic (exact) mass is 388 g/mol. The number of hydrogen-bond donors (Lipinski definition) is 1. The van der Waals surface area contributed by atoms with Gasteiger partial charge in [-0.15, -0.1) is 31.4 Å². The molecule has 2 rings (SSSR count). The van der Waals surface area contributed by atoms with Gasteiger partial charge in [0.2, 0.25) is 0 Å². The lowest BCUT2D eigenvalue weighted by molar-refractivity contribution is -0.0328. The smallest absolute Gasteiger partial charge is 0.314 e. The number of rotatable bonds is 5. The Balaban J connectivity index is 0.00000242. The first-order valence-electron chi connectivity index (χ1n) is 6.91. The maximum atomic E-state index is 12.3. The molecule has 0 radical (unpaired) electrons. The van der Waals surface area contributed by atoms with Crippen LogP contribution in [0, 0.1) is 0 Å². The molecule has 0 saturated carbocycles. The summed E-state index contributed by atoms with van der Waals surface area (Å²) in [6, 6.07) is 6.88. The third-order valence-electron chi connectivity index (χ3n) is 3.48. The lowest BCUT2D eigenvalue weighted by atomic mass is 10.0. The molecule has 1 heterocycles. The van der Waals surface area contributed by atoms with Crippen LogP contribution in [0.15, 0.2) is 41.8 Å². The number of alkyl halides is 3. The highest BCUT2D eigenvalue weighted by Crippen LogP contribution is 2.37. The molecule has 1 aromatic carbocycles. The van der Waals surface area contributed by atoms with Crippen LogP contribution in [0.4, 0.5) is 13.2 Å². The Morgan fingerprint density at radius 3 is 2.22 bits per heavy atom. The van der Waals surface area contributed by atoms with Crippen LogP contribution in [0.1, 0.15) is 18.0 Å². The van der Waals surface area contributed by atoms with Crippen LogP contribution < -0.4 is 5.32 Å². The van der Waals surface area contributed by atoms with E-state index in [1.165, 1.54) is 0 Å². The maximum absolute atomic E-state index is 12.3. The molecule has 8 heteroatoms. The average molecular weight is 389 g/mol. The molecule has 132 valence electrons. The standard InChI is InChI=1S/C15H19F3N2S.2ClH/c1-2-3-14(20-10-8-19-9-11-20)12-4-6-13(7-5-12)21-15(16,17)18;;/h2,4-7,14,19H,1,3,8-11H2;2*1H/t14-;;/m0../s1. The summed E-state index contributed by atoms with van der Waals surface area (Å²) in [5, 5.41) is 3.30. The number of nitrogens with one attached hydrogen (secondary N) is 1. The number of thioether (sulfide) groups is 1. The van der Waals surface area contributed by atoms with Crippen LogP contribution in [0.25, 0.3) is 0 Å². The largest absolute Gasteiger partial charge is 0.446 e. The predicted molar refractivity (Wildman–Crippen MR) is 94.8 cm³/mol. The van der Waals surface area contributed by atoms with Gasteiger partial charge in [-0.3, -0.25) is 4.90 Å². The zero-order chi connectivity index (χ0) is 15.3. The lowest BCUT2D eigenvalue weighted by Crippen LogP contribution is -2.45. The topological polar surface area (TPSA) is 15.3 Å². The van der Waals surface area contributed by atoms with Crippen LogP contribution >= 0.6 is 36.6 Å². The third-order valence-corrected chi connectivity index (χ3v) is 4.22. The molecular weight excluding hydrogens is 368 g/mol. The van der Waals surface area contributed by atoms with Gasteiger partial charge >= 0.3 is 5.51 Å². The van der Waals surface area contributed by atoms with Crippen molar-refractivity contribution >= 4 is 36.6 Å². The summed E-state index contributed by atoms with van der Waals surface area (Å²) in [6.07, 6.45) is 2.66. The van der Waals surface area contributed by atoms with E-state index < -0.39 is 5.51 Å². The van der Waals surface area contributed by atoms with Gasteiger partial charge in [-0.1, -0.05) is 18.2 Å². The summed E-state index contributed by atoms with van der Waals surface area (Å²) < 4.78 is 37.0. The van der Waals surface area contributed by atoms with Crippen LogP contribution in [0.2, 0.25) is 0 Å². The second-order valence-electron chi connectivity index (χ2n) is 4.94. The molecule has 0 amide bonds. The van der Waals surface area contributed by atoms with E-state index in [0.717, 1.165) is 38.2 Å². The van der Waals surface area contributed by atoms with E-state index >= 15 is 0 Å². The molecule has 1 aliphatic rings. The molecule has 1 aromatic rings. The average Bonchev–Trinajstić information content (AvgIpc) is 2.45. The van der Waals surface area contributed by atoms with Crippen LogP contribution in [-0.4, -0.2) is 36.6 Å². The first-order chi connectivity index (χ1) is 9.99. The highest BCUT2D eigenvalue weighted by atomic mass is 35.5. The first kappa shape index (κ1) is 22.6. The Hall–Kier alpha value is -0.400. The number of nitrogens with zero attached hydrogens (tertiary/aromatic N) is 1. The van der Waals surface area contributed by atoms with Gasteiger partial charge in [0.15, 0.2) is 0 Å². The van der Waals surface area contributed by atoms with E-state index in [1.807, 2.05) is 6.08 Å². The molecule has 1 atom stereocenters. The fraction of sp³-hybridized carbons (Fsp3) is 0.467. The van der Waals surface area contributed by atoms with Crippen molar-refractivity contribution in [1.82, 2.24) is 10.2 Å². The van der Waals surface area contributed by atoms with Gasteiger partial charge < -0.3 is 5.32 Å². The molecule has 23 heavy (non-hydrogen) atoms. The normalized spacial score (nSPS) is 16.8. The summed E-state index contributed by atoms with van der Waals surface area (Å²) in [5.41, 5.74) is -3.19. The summed E-state index contributed by atoms with van der Waals surface area (Å²) in [5.74, 6) is 0. The summed E-state index contributed by atoms with van der Waals surface area (Å²) in [7, 11) is 0. The fourth-order valence-electron chi connectivity index (χ4n) is 2.54. The quantitative estimate of drug-likeness (QED) is 0.582. The van der Waals surface area contributed by atoms with E-state index in [4.69, 9.17) is 0 Å². The summed E-state index contributed by atoms with van der Waals surface area (Å²) >= 11 is -0.0737. The molecule has 0 spiro atoms. The van der Waals surface area contributed by atoms with Crippen LogP contribution in [0.5, 0.6) is 0 Å². The van der Waals surface area contributed by atoms with E-state index in [9.17, 15) is 13.2 Å². The number of benzene rings is 1. The summed E-state index contributed by atoms with van der Waals surface area (Å²) in [6.45, 7) is 7.56. The molecule has 0 aliphatic carbocycles. The molecule has 1 N–H and O–H groups in total. The molecule has 1 fully saturated rings. The Kier molecular flexibility index (Phi) is 10.3. The molecule has 0 unspecified atom stereocenters. The molecule has 1 saturated heterocycles. The van der Waals surface area contributed by atoms with Gasteiger partial charge in [-0.05, 0) is 35.9 Å². The minimum Gasteiger partial charge on any atom is -0.314 e. The second kappa shape index (κ2) is 10.5. The Bertz CT molecular complexity index is 463. The highest BCUT2D eigenvalue weighted by Gasteiger charge is 2.29. The van der Waals surface area contributed by atoms with Crippen LogP contribution in [0.3, 0.4) is 0 Å². The maximum Gasteiger partial charge on any atom is 0.446 e. The van der Waals surface area contributed by atoms with E-state index in [2.05, 4.69) is 16.8 Å². The van der Waals surface area contributed by atoms with E-state index in [1.54, 1.807) is 24.3 Å². The van der Waals surface area contributed by atoms with Crippen molar-refractivity contribution in [2.75, 3.05) is 26.2 Å². The Labute approximate surface area is 151 Å². The van der Waals surface area contributed by atoms with Crippen molar-refractivity contribution in [3.8, 4) is 0 Å². The SMILES string of the molecule is C=CC[C@@H](c1ccc(SC(F)(F)F)cc1)N1CCNCC1.Cl.Cl. The van der Waals surface area contributed by atoms with Gasteiger partial charge in [-0.25, -0.2) is 0 Å². The Morgan fingerprint density at radius 1 is 1.17 bits per heavy atom. The second-order valence-corrected chi connectivity index (χ2v) is 6.08. The summed E-state index contributed by atoms with van der Waals surface area (Å²) in [4.78, 5) is 2.58. The molecule has 2 nitrogen and oxygen atoms in total. The molecule has 0 aromatic heterocycles. The van der Waals surface area contributed by atoms with Gasteiger partial charge in [0.1, 0.15) is 0 Å². The Morgan fingerprint density at radius 2 is 1.74 bits per heavy atom. The van der Waals surface area contributed by atoms with Gasteiger partial charge in [0.05, 0.1) is 0 Å². The fourth-order valence-corrected chi connectivity index (χ4v) is 3.08. The van der Waals surface area contributed by atoms with Gasteiger partial charge in [0.25, 0.3) is 0 Å². The molecule has 0 bridgehead atoms. The lowest BCUT2D eigenvalue weighted by Gasteiger charge is -2.34. The van der Waals surface area contributed by atoms with Gasteiger partial charge in [-0.2, -0.15) is 13.2 Å². The van der Waals surface area contributed by atoms with E-state index in [-0.39, 0.29) is 47.5 Å². The predicted octanol–water partition coefficient (Wildman–Crippen LogP) is 4.66. The minimum absolute atomic E-state index is 0. The van der Waals surface area contributed by atoms with Crippen LogP contribution in [-0.2, 0) is 0 Å². The van der Waals surface area contributed by atoms with Crippen molar-refractivity contribution < 1.29 is 13.2 Å². The van der Waals surface area contributed by atoms with E-state index in [0.29, 0.717) is 0 Å². The number of halogens is 5. The van der Waals surface area contributed by atoms with Crippen molar-refractivity contribution in [2.24, 2.45) is 0 Å². The minimum atomic E-state index is -4.24. The van der Waals surface area contributed by atoms with Crippen molar-refractivity contribution in [1.29, 1.82) is 0 Å². The highest BCUT2D eigenvalue weighted by molar-refractivity contribution is 8.00. The van der Waals surface area contributed by atoms with Crippen molar-refractivity contribution in [2.45, 2.75) is 22.9 Å². The molecule has 1 aliphatic heterocycles. The number of hydrogen-bond acceptors (Lipinski definition) is 3. The van der Waals surface area contributed by atoms with Crippen molar-refractivity contribution in [3.63, 3.8) is 0 Å². The molecular formula is C15H21Cl2F3N2S. The third kappa shape index (κ3) is 7.35. The zero-order valence-electron chi connectivity index (χ0n) is 12.5. The van der Waals surface area contributed by atoms with Gasteiger partial charge in [0, 0.05) is 37.1 Å².